The summed E-state index contributed by atoms with van der Waals surface area (Å²) < 4.78 is 0. The Hall–Kier alpha value is -2.09. The zero-order valence-corrected chi connectivity index (χ0v) is 14.1. The van der Waals surface area contributed by atoms with E-state index in [4.69, 9.17) is 0 Å². The van der Waals surface area contributed by atoms with E-state index < -0.39 is 0 Å². The maximum Gasteiger partial charge on any atom is 0.251 e. The van der Waals surface area contributed by atoms with E-state index in [1.165, 1.54) is 5.56 Å². The predicted molar refractivity (Wildman–Crippen MR) is 92.2 cm³/mol. The third kappa shape index (κ3) is 3.97. The van der Waals surface area contributed by atoms with Crippen LogP contribution in [0.25, 0.3) is 0 Å². The van der Waals surface area contributed by atoms with Crippen molar-refractivity contribution in [3.05, 3.63) is 70.8 Å². The molecule has 1 unspecified atom stereocenters. The lowest BCUT2D eigenvalue weighted by Crippen LogP contribution is -2.26. The summed E-state index contributed by atoms with van der Waals surface area (Å²) in [5.74, 6) is -0.0348. The van der Waals surface area contributed by atoms with Crippen molar-refractivity contribution in [2.45, 2.75) is 46.1 Å². The Kier molecular flexibility index (Phi) is 4.70. The fraction of sp³-hybridized carbons (Fsp3) is 0.350. The Bertz CT molecular complexity index is 633. The second kappa shape index (κ2) is 6.35. The molecule has 0 aliphatic heterocycles. The number of hydrogen-bond donors (Lipinski definition) is 1. The molecule has 0 heterocycles. The van der Waals surface area contributed by atoms with E-state index in [0.29, 0.717) is 5.56 Å². The lowest BCUT2D eigenvalue weighted by Gasteiger charge is -2.20. The number of amides is 1. The van der Waals surface area contributed by atoms with Gasteiger partial charge in [-0.1, -0.05) is 62.7 Å². The number of rotatable bonds is 3. The van der Waals surface area contributed by atoms with Crippen LogP contribution in [-0.2, 0) is 5.41 Å². The zero-order chi connectivity index (χ0) is 16.3. The summed E-state index contributed by atoms with van der Waals surface area (Å²) in [4.78, 5) is 12.3. The lowest BCUT2D eigenvalue weighted by molar-refractivity contribution is 0.0940. The Morgan fingerprint density at radius 1 is 0.955 bits per heavy atom. The monoisotopic (exact) mass is 295 g/mol. The van der Waals surface area contributed by atoms with Gasteiger partial charge in [0.1, 0.15) is 0 Å². The molecule has 0 spiro atoms. The van der Waals surface area contributed by atoms with Crippen LogP contribution in [0.15, 0.2) is 48.5 Å². The molecule has 0 fully saturated rings. The summed E-state index contributed by atoms with van der Waals surface area (Å²) in [6.07, 6.45) is 0. The van der Waals surface area contributed by atoms with Crippen LogP contribution in [0.5, 0.6) is 0 Å². The normalized spacial score (nSPS) is 12.8. The lowest BCUT2D eigenvalue weighted by atomic mass is 9.86. The molecular weight excluding hydrogens is 270 g/mol. The topological polar surface area (TPSA) is 29.1 Å². The van der Waals surface area contributed by atoms with Crippen LogP contribution in [0, 0.1) is 6.92 Å². The van der Waals surface area contributed by atoms with Gasteiger partial charge in [-0.05, 0) is 42.5 Å². The Labute approximate surface area is 133 Å². The highest BCUT2D eigenvalue weighted by Crippen LogP contribution is 2.24. The van der Waals surface area contributed by atoms with Crippen LogP contribution in [0.3, 0.4) is 0 Å². The summed E-state index contributed by atoms with van der Waals surface area (Å²) >= 11 is 0. The molecule has 2 rings (SSSR count). The summed E-state index contributed by atoms with van der Waals surface area (Å²) in [6.45, 7) is 10.6. The first-order valence-corrected chi connectivity index (χ1v) is 7.75. The third-order valence-corrected chi connectivity index (χ3v) is 3.94. The number of carbonyl (C=O) groups is 1. The van der Waals surface area contributed by atoms with Crippen LogP contribution in [0.4, 0.5) is 0 Å². The zero-order valence-electron chi connectivity index (χ0n) is 14.1. The minimum absolute atomic E-state index is 0.0113. The smallest absolute Gasteiger partial charge is 0.251 e. The van der Waals surface area contributed by atoms with Gasteiger partial charge in [-0.15, -0.1) is 0 Å². The van der Waals surface area contributed by atoms with Gasteiger partial charge in [-0.25, -0.2) is 0 Å². The molecule has 0 saturated heterocycles. The molecule has 2 nitrogen and oxygen atoms in total. The molecular formula is C20H25NO. The predicted octanol–water partition coefficient (Wildman–Crippen LogP) is 4.78. The van der Waals surface area contributed by atoms with Crippen LogP contribution >= 0.6 is 0 Å². The molecule has 0 aromatic heterocycles. The molecule has 1 atom stereocenters. The first-order chi connectivity index (χ1) is 10.3. The van der Waals surface area contributed by atoms with Crippen molar-refractivity contribution in [3.8, 4) is 0 Å². The maximum atomic E-state index is 12.3. The van der Waals surface area contributed by atoms with E-state index in [1.54, 1.807) is 0 Å². The Morgan fingerprint density at radius 2 is 1.50 bits per heavy atom. The first kappa shape index (κ1) is 16.3. The van der Waals surface area contributed by atoms with Gasteiger partial charge < -0.3 is 5.32 Å². The quantitative estimate of drug-likeness (QED) is 0.867. The molecule has 0 aliphatic rings. The van der Waals surface area contributed by atoms with Gasteiger partial charge in [-0.2, -0.15) is 0 Å². The molecule has 0 saturated carbocycles. The highest BCUT2D eigenvalue weighted by molar-refractivity contribution is 5.94. The number of benzene rings is 2. The average Bonchev–Trinajstić information content (AvgIpc) is 2.47. The number of nitrogens with one attached hydrogen (secondary N) is 1. The van der Waals surface area contributed by atoms with Crippen molar-refractivity contribution in [2.24, 2.45) is 0 Å². The molecule has 0 bridgehead atoms. The molecule has 22 heavy (non-hydrogen) atoms. The SMILES string of the molecule is Cc1ccc(C(=O)NC(C)c2ccc(C(C)(C)C)cc2)cc1. The van der Waals surface area contributed by atoms with Gasteiger partial charge in [0, 0.05) is 5.56 Å². The van der Waals surface area contributed by atoms with Gasteiger partial charge in [-0.3, -0.25) is 4.79 Å². The highest BCUT2D eigenvalue weighted by atomic mass is 16.1. The highest BCUT2D eigenvalue weighted by Gasteiger charge is 2.15. The molecule has 116 valence electrons. The number of hydrogen-bond acceptors (Lipinski definition) is 1. The van der Waals surface area contributed by atoms with Crippen LogP contribution in [0.1, 0.15) is 60.8 Å². The minimum Gasteiger partial charge on any atom is -0.346 e. The minimum atomic E-state index is -0.0348. The Balaban J connectivity index is 2.07. The average molecular weight is 295 g/mol. The molecule has 2 heteroatoms. The summed E-state index contributed by atoms with van der Waals surface area (Å²) in [5.41, 5.74) is 4.42. The first-order valence-electron chi connectivity index (χ1n) is 7.75. The van der Waals surface area contributed by atoms with Crippen molar-refractivity contribution in [1.29, 1.82) is 0 Å². The molecule has 2 aromatic rings. The summed E-state index contributed by atoms with van der Waals surface area (Å²) in [7, 11) is 0. The van der Waals surface area contributed by atoms with Crippen LogP contribution < -0.4 is 5.32 Å². The molecule has 1 amide bonds. The van der Waals surface area contributed by atoms with Crippen molar-refractivity contribution < 1.29 is 4.79 Å². The van der Waals surface area contributed by atoms with Crippen molar-refractivity contribution in [2.75, 3.05) is 0 Å². The van der Waals surface area contributed by atoms with Gasteiger partial charge >= 0.3 is 0 Å². The van der Waals surface area contributed by atoms with E-state index in [9.17, 15) is 4.79 Å². The molecule has 1 N–H and O–H groups in total. The second-order valence-electron chi connectivity index (χ2n) is 6.93. The van der Waals surface area contributed by atoms with E-state index in [2.05, 4.69) is 50.4 Å². The summed E-state index contributed by atoms with van der Waals surface area (Å²) in [6, 6.07) is 16.1. The van der Waals surface area contributed by atoms with Crippen molar-refractivity contribution >= 4 is 5.91 Å². The van der Waals surface area contributed by atoms with E-state index in [0.717, 1.165) is 11.1 Å². The third-order valence-electron chi connectivity index (χ3n) is 3.94. The van der Waals surface area contributed by atoms with Crippen molar-refractivity contribution in [1.82, 2.24) is 5.32 Å². The molecule has 2 aromatic carbocycles. The van der Waals surface area contributed by atoms with Crippen molar-refractivity contribution in [3.63, 3.8) is 0 Å². The van der Waals surface area contributed by atoms with Crippen LogP contribution in [-0.4, -0.2) is 5.91 Å². The maximum absolute atomic E-state index is 12.3. The van der Waals surface area contributed by atoms with Gasteiger partial charge in [0.2, 0.25) is 0 Å². The van der Waals surface area contributed by atoms with Gasteiger partial charge in [0.15, 0.2) is 0 Å². The summed E-state index contributed by atoms with van der Waals surface area (Å²) in [5, 5.41) is 3.05. The van der Waals surface area contributed by atoms with E-state index >= 15 is 0 Å². The fourth-order valence-corrected chi connectivity index (χ4v) is 2.34. The number of carbonyl (C=O) groups excluding carboxylic acids is 1. The molecule has 0 radical (unpaired) electrons. The van der Waals surface area contributed by atoms with E-state index in [-0.39, 0.29) is 17.4 Å². The Morgan fingerprint density at radius 3 is 2.00 bits per heavy atom. The standard InChI is InChI=1S/C20H25NO/c1-14-6-8-17(9-7-14)19(22)21-15(2)16-10-12-18(13-11-16)20(3,4)5/h6-13,15H,1-5H3,(H,21,22). The van der Waals surface area contributed by atoms with Gasteiger partial charge in [0.05, 0.1) is 6.04 Å². The van der Waals surface area contributed by atoms with Gasteiger partial charge in [0.25, 0.3) is 5.91 Å². The fourth-order valence-electron chi connectivity index (χ4n) is 2.34. The van der Waals surface area contributed by atoms with Crippen LogP contribution in [0.2, 0.25) is 0 Å². The second-order valence-corrected chi connectivity index (χ2v) is 6.93. The largest absolute Gasteiger partial charge is 0.346 e. The molecule has 0 aliphatic carbocycles. The van der Waals surface area contributed by atoms with E-state index in [1.807, 2.05) is 38.1 Å². The number of aryl methyl sites for hydroxylation is 1.